The fourth-order valence-electron chi connectivity index (χ4n) is 9.42. The molecule has 1 amide bonds. The molecule has 0 aromatic rings. The minimum atomic E-state index is -1.64. The van der Waals surface area contributed by atoms with Crippen LogP contribution in [0.4, 0.5) is 0 Å². The number of carbonyl (C=O) groups is 2. The van der Waals surface area contributed by atoms with Crippen molar-refractivity contribution >= 4 is 11.9 Å². The first kappa shape index (κ1) is 76.8. The highest BCUT2D eigenvalue weighted by Gasteiger charge is 2.47. The van der Waals surface area contributed by atoms with E-state index in [1.807, 2.05) is 18.2 Å². The molecule has 8 unspecified atom stereocenters. The summed E-state index contributed by atoms with van der Waals surface area (Å²) in [5.41, 5.74) is 0. The molecule has 1 fully saturated rings. The Morgan fingerprint density at radius 1 is 0.482 bits per heavy atom. The van der Waals surface area contributed by atoms with Crippen molar-refractivity contribution in [3.63, 3.8) is 0 Å². The third-order valence-electron chi connectivity index (χ3n) is 14.6. The summed E-state index contributed by atoms with van der Waals surface area (Å²) in [7, 11) is 0. The van der Waals surface area contributed by atoms with E-state index in [1.165, 1.54) is 77.0 Å². The highest BCUT2D eigenvalue weighted by atomic mass is 16.7. The van der Waals surface area contributed by atoms with Gasteiger partial charge in [-0.05, 0) is 109 Å². The van der Waals surface area contributed by atoms with Gasteiger partial charge in [0.25, 0.3) is 0 Å². The Hall–Kier alpha value is -4.20. The topological polar surface area (TPSA) is 175 Å². The molecule has 0 radical (unpaired) electrons. The molecule has 6 N–H and O–H groups in total. The van der Waals surface area contributed by atoms with Crippen LogP contribution in [0.1, 0.15) is 245 Å². The van der Waals surface area contributed by atoms with E-state index in [-0.39, 0.29) is 19.4 Å². The molecule has 1 aliphatic rings. The molecule has 0 aromatic carbocycles. The molecular weight excluding hydrogens is 1040 g/mol. The molecule has 1 saturated heterocycles. The predicted molar refractivity (Wildman–Crippen MR) is 347 cm³/mol. The zero-order chi connectivity index (χ0) is 60.3. The average molecular weight is 1160 g/mol. The van der Waals surface area contributed by atoms with E-state index >= 15 is 0 Å². The molecule has 1 heterocycles. The van der Waals surface area contributed by atoms with E-state index in [0.717, 1.165) is 122 Å². The monoisotopic (exact) mass is 1160 g/mol. The van der Waals surface area contributed by atoms with Crippen LogP contribution in [0.3, 0.4) is 0 Å². The molecule has 472 valence electrons. The summed E-state index contributed by atoms with van der Waals surface area (Å²) in [5.74, 6) is -1.27. The standard InChI is InChI=1S/C72H119NO10/c1-4-7-10-13-16-19-22-25-27-29-30-31-32-33-34-35-36-37-39-42-45-48-51-54-57-60-67(77)83-70-69(79)68(78)66(61-74)82-72(70)81-62-63(64(75)58-55-52-49-46-43-40-24-21-18-15-12-9-6-3)73-71(80)65(76)59-56-53-50-47-44-41-38-28-26-23-20-17-14-11-8-5-2/h7-8,10-11,16-17,19-20,25-28,30-31,33-34,41,44,50,53,55,58,63-66,68-70,72,74-76,78-79H,4-6,9,12-15,18,21-24,29,32,35-40,42-43,45-49,51-52,54,56-57,59-62H2,1-3H3,(H,73,80)/b10-7-,11-8-,19-16-,20-17-,27-25-,28-26-,31-30-,34-33-,44-41-,53-50-,58-55+. The second kappa shape index (κ2) is 58.2. The summed E-state index contributed by atoms with van der Waals surface area (Å²) in [4.78, 5) is 26.6. The van der Waals surface area contributed by atoms with Gasteiger partial charge in [0.1, 0.15) is 24.4 Å². The van der Waals surface area contributed by atoms with E-state index in [1.54, 1.807) is 6.08 Å². The van der Waals surface area contributed by atoms with Crippen molar-refractivity contribution in [1.82, 2.24) is 5.32 Å². The number of ether oxygens (including phenoxy) is 3. The largest absolute Gasteiger partial charge is 0.454 e. The summed E-state index contributed by atoms with van der Waals surface area (Å²) in [6, 6.07) is -1.06. The van der Waals surface area contributed by atoms with Crippen LogP contribution in [-0.2, 0) is 23.8 Å². The summed E-state index contributed by atoms with van der Waals surface area (Å²) in [6.45, 7) is 5.52. The third kappa shape index (κ3) is 45.8. The molecule has 0 aromatic heterocycles. The smallest absolute Gasteiger partial charge is 0.306 e. The lowest BCUT2D eigenvalue weighted by Gasteiger charge is -2.41. The maximum absolute atomic E-state index is 13.4. The van der Waals surface area contributed by atoms with Crippen molar-refractivity contribution in [1.29, 1.82) is 0 Å². The van der Waals surface area contributed by atoms with Crippen LogP contribution in [0.5, 0.6) is 0 Å². The van der Waals surface area contributed by atoms with Crippen LogP contribution in [0.25, 0.3) is 0 Å². The second-order valence-electron chi connectivity index (χ2n) is 22.1. The molecule has 0 aliphatic carbocycles. The van der Waals surface area contributed by atoms with Crippen molar-refractivity contribution in [3.05, 3.63) is 134 Å². The Kier molecular flexibility index (Phi) is 53.9. The first-order valence-corrected chi connectivity index (χ1v) is 33.0. The number of amides is 1. The molecule has 1 rings (SSSR count). The van der Waals surface area contributed by atoms with E-state index in [0.29, 0.717) is 12.8 Å². The first-order chi connectivity index (χ1) is 40.7. The summed E-state index contributed by atoms with van der Waals surface area (Å²) in [6.07, 6.45) is 72.1. The Balaban J connectivity index is 2.66. The van der Waals surface area contributed by atoms with Gasteiger partial charge in [-0.3, -0.25) is 9.59 Å². The van der Waals surface area contributed by atoms with Crippen LogP contribution < -0.4 is 5.32 Å². The lowest BCUT2D eigenvalue weighted by molar-refractivity contribution is -0.305. The molecule has 1 aliphatic heterocycles. The van der Waals surface area contributed by atoms with Crippen LogP contribution in [0.2, 0.25) is 0 Å². The molecule has 8 atom stereocenters. The SMILES string of the molecule is CC/C=C\C/C=C\C/C=C\C/C=C\C/C=C\CCCCCCCCCCCC(=O)OC1C(OCC(NC(=O)C(O)CC/C=C\C/C=C\C/C=C\C/C=C\C/C=C\CC)C(O)/C=C/CCCCCCCCCCCCC)OC(CO)C(O)C1O. The van der Waals surface area contributed by atoms with Crippen LogP contribution in [0, 0.1) is 0 Å². The molecule has 11 nitrogen and oxygen atoms in total. The van der Waals surface area contributed by atoms with Gasteiger partial charge in [-0.1, -0.05) is 264 Å². The van der Waals surface area contributed by atoms with Crippen molar-refractivity contribution in [2.75, 3.05) is 13.2 Å². The number of unbranched alkanes of at least 4 members (excludes halogenated alkanes) is 20. The predicted octanol–water partition coefficient (Wildman–Crippen LogP) is 16.4. The van der Waals surface area contributed by atoms with Crippen molar-refractivity contribution in [2.45, 2.75) is 294 Å². The minimum absolute atomic E-state index is 0.101. The number of allylic oxidation sites excluding steroid dienone is 21. The quantitative estimate of drug-likeness (QED) is 0.0195. The van der Waals surface area contributed by atoms with E-state index in [2.05, 4.69) is 135 Å². The third-order valence-corrected chi connectivity index (χ3v) is 14.6. The Morgan fingerprint density at radius 3 is 1.30 bits per heavy atom. The number of aliphatic hydroxyl groups excluding tert-OH is 5. The van der Waals surface area contributed by atoms with Crippen molar-refractivity contribution < 1.29 is 49.3 Å². The fourth-order valence-corrected chi connectivity index (χ4v) is 9.42. The summed E-state index contributed by atoms with van der Waals surface area (Å²) in [5, 5.41) is 57.0. The van der Waals surface area contributed by atoms with Gasteiger partial charge in [-0.25, -0.2) is 0 Å². The number of nitrogens with one attached hydrogen (secondary N) is 1. The van der Waals surface area contributed by atoms with Crippen molar-refractivity contribution in [2.24, 2.45) is 0 Å². The van der Waals surface area contributed by atoms with Gasteiger partial charge in [0.05, 0.1) is 25.4 Å². The van der Waals surface area contributed by atoms with Gasteiger partial charge >= 0.3 is 5.97 Å². The second-order valence-corrected chi connectivity index (χ2v) is 22.1. The zero-order valence-corrected chi connectivity index (χ0v) is 52.3. The van der Waals surface area contributed by atoms with E-state index in [9.17, 15) is 35.1 Å². The van der Waals surface area contributed by atoms with Gasteiger partial charge < -0.3 is 45.1 Å². The van der Waals surface area contributed by atoms with Gasteiger partial charge in [0.15, 0.2) is 12.4 Å². The fraction of sp³-hybridized carbons (Fsp3) is 0.667. The lowest BCUT2D eigenvalue weighted by atomic mass is 9.99. The van der Waals surface area contributed by atoms with E-state index in [4.69, 9.17) is 14.2 Å². The van der Waals surface area contributed by atoms with Gasteiger partial charge in [-0.2, -0.15) is 0 Å². The number of hydrogen-bond acceptors (Lipinski definition) is 10. The summed E-state index contributed by atoms with van der Waals surface area (Å²) >= 11 is 0. The Labute approximate surface area is 505 Å². The molecule has 0 bridgehead atoms. The Morgan fingerprint density at radius 2 is 0.867 bits per heavy atom. The normalized spacial score (nSPS) is 19.4. The zero-order valence-electron chi connectivity index (χ0n) is 52.3. The van der Waals surface area contributed by atoms with Gasteiger partial charge in [0, 0.05) is 6.42 Å². The molecular formula is C72H119NO10. The maximum Gasteiger partial charge on any atom is 0.306 e. The molecule has 0 saturated carbocycles. The molecule has 0 spiro atoms. The van der Waals surface area contributed by atoms with Gasteiger partial charge in [-0.15, -0.1) is 0 Å². The molecule has 11 heteroatoms. The number of hydrogen-bond donors (Lipinski definition) is 6. The average Bonchev–Trinajstić information content (AvgIpc) is 3.58. The number of aliphatic hydroxyl groups is 5. The highest BCUT2D eigenvalue weighted by Crippen LogP contribution is 2.26. The first-order valence-electron chi connectivity index (χ1n) is 33.0. The van der Waals surface area contributed by atoms with Crippen LogP contribution in [-0.4, -0.2) is 99.6 Å². The summed E-state index contributed by atoms with van der Waals surface area (Å²) < 4.78 is 17.6. The van der Waals surface area contributed by atoms with Crippen LogP contribution >= 0.6 is 0 Å². The number of carbonyl (C=O) groups excluding carboxylic acids is 2. The van der Waals surface area contributed by atoms with E-state index < -0.39 is 67.4 Å². The molecule has 83 heavy (non-hydrogen) atoms. The maximum atomic E-state index is 13.4. The van der Waals surface area contributed by atoms with Crippen LogP contribution in [0.15, 0.2) is 134 Å². The lowest BCUT2D eigenvalue weighted by Crippen LogP contribution is -2.61. The number of esters is 1. The van der Waals surface area contributed by atoms with Gasteiger partial charge in [0.2, 0.25) is 5.91 Å². The highest BCUT2D eigenvalue weighted by molar-refractivity contribution is 5.80. The minimum Gasteiger partial charge on any atom is -0.454 e. The van der Waals surface area contributed by atoms with Crippen molar-refractivity contribution in [3.8, 4) is 0 Å². The Bertz CT molecular complexity index is 1860. The number of rotatable bonds is 54.